The normalized spacial score (nSPS) is 14.7. The number of ketones is 1. The van der Waals surface area contributed by atoms with E-state index in [4.69, 9.17) is 9.47 Å². The molecule has 0 bridgehead atoms. The molecule has 6 nitrogen and oxygen atoms in total. The van der Waals surface area contributed by atoms with Crippen LogP contribution in [0, 0.1) is 5.92 Å². The van der Waals surface area contributed by atoms with Crippen LogP contribution in [0.1, 0.15) is 37.0 Å². The molecule has 0 unspecified atom stereocenters. The molecule has 1 saturated carbocycles. The van der Waals surface area contributed by atoms with Gasteiger partial charge in [0.2, 0.25) is 0 Å². The van der Waals surface area contributed by atoms with E-state index in [1.807, 2.05) is 6.92 Å². The topological polar surface area (TPSA) is 81.7 Å². The molecule has 1 aliphatic rings. The zero-order valence-electron chi connectivity index (χ0n) is 13.3. The van der Waals surface area contributed by atoms with Crippen molar-refractivity contribution in [2.24, 2.45) is 5.92 Å². The third-order valence-electron chi connectivity index (χ3n) is 3.70. The molecular weight excluding hydrogens is 298 g/mol. The molecule has 0 aromatic heterocycles. The summed E-state index contributed by atoms with van der Waals surface area (Å²) in [7, 11) is 0. The summed E-state index contributed by atoms with van der Waals surface area (Å²) < 4.78 is 10.1. The van der Waals surface area contributed by atoms with Gasteiger partial charge in [0.1, 0.15) is 5.75 Å². The van der Waals surface area contributed by atoms with Crippen molar-refractivity contribution in [3.05, 3.63) is 29.8 Å². The number of benzene rings is 1. The lowest BCUT2D eigenvalue weighted by atomic mass is 10.1. The average molecular weight is 319 g/mol. The minimum atomic E-state index is -0.616. The Morgan fingerprint density at radius 1 is 1.17 bits per heavy atom. The molecule has 0 spiro atoms. The molecule has 0 heterocycles. The van der Waals surface area contributed by atoms with Crippen LogP contribution in [0.25, 0.3) is 0 Å². The number of carbonyl (C=O) groups is 3. The number of esters is 1. The summed E-state index contributed by atoms with van der Waals surface area (Å²) in [4.78, 5) is 34.3. The number of nitrogens with one attached hydrogen (secondary N) is 1. The monoisotopic (exact) mass is 319 g/mol. The van der Waals surface area contributed by atoms with Crippen molar-refractivity contribution in [2.75, 3.05) is 13.2 Å². The molecule has 1 atom stereocenters. The molecule has 1 aromatic carbocycles. The number of amides is 1. The third-order valence-corrected chi connectivity index (χ3v) is 3.70. The molecule has 1 amide bonds. The van der Waals surface area contributed by atoms with Crippen LogP contribution < -0.4 is 10.1 Å². The summed E-state index contributed by atoms with van der Waals surface area (Å²) >= 11 is 0. The van der Waals surface area contributed by atoms with Crippen molar-refractivity contribution < 1.29 is 23.9 Å². The maximum Gasteiger partial charge on any atom is 0.344 e. The summed E-state index contributed by atoms with van der Waals surface area (Å²) in [6, 6.07) is 6.57. The lowest BCUT2D eigenvalue weighted by Gasteiger charge is -2.12. The summed E-state index contributed by atoms with van der Waals surface area (Å²) in [6.07, 6.45) is 2.27. The summed E-state index contributed by atoms with van der Waals surface area (Å²) in [5.41, 5.74) is 0.571. The average Bonchev–Trinajstić information content (AvgIpc) is 3.36. The quantitative estimate of drug-likeness (QED) is 0.583. The Labute approximate surface area is 135 Å². The van der Waals surface area contributed by atoms with Gasteiger partial charge in [-0.2, -0.15) is 0 Å². The summed E-state index contributed by atoms with van der Waals surface area (Å²) in [5.74, 6) is 0.0514. The molecule has 1 fully saturated rings. The Hall–Kier alpha value is -2.37. The van der Waals surface area contributed by atoms with Crippen molar-refractivity contribution in [3.63, 3.8) is 0 Å². The number of rotatable bonds is 8. The van der Waals surface area contributed by atoms with Gasteiger partial charge in [-0.3, -0.25) is 9.59 Å². The number of carbonyl (C=O) groups excluding carboxylic acids is 3. The highest BCUT2D eigenvalue weighted by molar-refractivity contribution is 5.94. The second-order valence-electron chi connectivity index (χ2n) is 5.72. The molecule has 0 saturated heterocycles. The van der Waals surface area contributed by atoms with Gasteiger partial charge in [-0.25, -0.2) is 4.79 Å². The van der Waals surface area contributed by atoms with Crippen molar-refractivity contribution in [2.45, 2.75) is 32.7 Å². The Morgan fingerprint density at radius 3 is 2.39 bits per heavy atom. The van der Waals surface area contributed by atoms with Gasteiger partial charge in [0.25, 0.3) is 5.91 Å². The molecule has 124 valence electrons. The maximum absolute atomic E-state index is 11.6. The van der Waals surface area contributed by atoms with E-state index in [1.165, 1.54) is 6.92 Å². The second kappa shape index (κ2) is 7.76. The molecule has 2 rings (SSSR count). The minimum Gasteiger partial charge on any atom is -0.482 e. The fraction of sp³-hybridized carbons (Fsp3) is 0.471. The first-order valence-electron chi connectivity index (χ1n) is 7.64. The fourth-order valence-corrected chi connectivity index (χ4v) is 2.13. The van der Waals surface area contributed by atoms with Crippen LogP contribution in [-0.4, -0.2) is 36.9 Å². The number of hydrogen-bond acceptors (Lipinski definition) is 5. The van der Waals surface area contributed by atoms with Crippen LogP contribution in [0.3, 0.4) is 0 Å². The molecule has 0 aliphatic heterocycles. The van der Waals surface area contributed by atoms with Crippen LogP contribution in [0.4, 0.5) is 0 Å². The van der Waals surface area contributed by atoms with Crippen molar-refractivity contribution >= 4 is 17.7 Å². The molecule has 1 N–H and O–H groups in total. The molecule has 23 heavy (non-hydrogen) atoms. The maximum atomic E-state index is 11.6. The van der Waals surface area contributed by atoms with Crippen molar-refractivity contribution in [1.82, 2.24) is 5.32 Å². The fourth-order valence-electron chi connectivity index (χ4n) is 2.13. The van der Waals surface area contributed by atoms with E-state index in [-0.39, 0.29) is 30.9 Å². The van der Waals surface area contributed by atoms with Crippen LogP contribution in [0.2, 0.25) is 0 Å². The van der Waals surface area contributed by atoms with E-state index >= 15 is 0 Å². The first kappa shape index (κ1) is 17.0. The van der Waals surface area contributed by atoms with E-state index in [0.717, 1.165) is 12.8 Å². The van der Waals surface area contributed by atoms with Crippen LogP contribution in [-0.2, 0) is 14.3 Å². The predicted molar refractivity (Wildman–Crippen MR) is 83.2 cm³/mol. The number of ether oxygens (including phenoxy) is 2. The highest BCUT2D eigenvalue weighted by Gasteiger charge is 2.28. The smallest absolute Gasteiger partial charge is 0.344 e. The summed E-state index contributed by atoms with van der Waals surface area (Å²) in [6.45, 7) is 2.83. The number of hydrogen-bond donors (Lipinski definition) is 1. The predicted octanol–water partition coefficient (Wildman–Crippen LogP) is 1.73. The molecule has 6 heteroatoms. The third kappa shape index (κ3) is 5.73. The van der Waals surface area contributed by atoms with Crippen molar-refractivity contribution in [3.8, 4) is 5.75 Å². The van der Waals surface area contributed by atoms with E-state index < -0.39 is 5.97 Å². The van der Waals surface area contributed by atoms with Gasteiger partial charge in [0, 0.05) is 11.6 Å². The molecular formula is C17H21NO5. The van der Waals surface area contributed by atoms with E-state index in [2.05, 4.69) is 5.32 Å². The Morgan fingerprint density at radius 2 is 1.83 bits per heavy atom. The van der Waals surface area contributed by atoms with Gasteiger partial charge >= 0.3 is 5.97 Å². The first-order valence-corrected chi connectivity index (χ1v) is 7.64. The number of Topliss-reactive ketones (excluding diaryl/α,β-unsaturated/α-hetero) is 1. The molecule has 1 aliphatic carbocycles. The van der Waals surface area contributed by atoms with Crippen LogP contribution in [0.5, 0.6) is 5.75 Å². The van der Waals surface area contributed by atoms with Gasteiger partial charge in [-0.15, -0.1) is 0 Å². The Bertz CT molecular complexity index is 577. The van der Waals surface area contributed by atoms with E-state index in [9.17, 15) is 14.4 Å². The first-order chi connectivity index (χ1) is 11.0. The van der Waals surface area contributed by atoms with E-state index in [0.29, 0.717) is 17.2 Å². The van der Waals surface area contributed by atoms with Gasteiger partial charge in [0.15, 0.2) is 19.0 Å². The lowest BCUT2D eigenvalue weighted by molar-refractivity contribution is -0.150. The van der Waals surface area contributed by atoms with Gasteiger partial charge in [0.05, 0.1) is 0 Å². The zero-order chi connectivity index (χ0) is 16.8. The molecule has 0 radical (unpaired) electrons. The SMILES string of the molecule is CC(=O)c1ccc(OCC(=O)OCC(=O)N[C@H](C)C2CC2)cc1. The lowest BCUT2D eigenvalue weighted by Crippen LogP contribution is -2.37. The zero-order valence-corrected chi connectivity index (χ0v) is 13.3. The van der Waals surface area contributed by atoms with Crippen LogP contribution in [0.15, 0.2) is 24.3 Å². The summed E-state index contributed by atoms with van der Waals surface area (Å²) in [5, 5.41) is 2.80. The van der Waals surface area contributed by atoms with Gasteiger partial charge in [-0.1, -0.05) is 0 Å². The van der Waals surface area contributed by atoms with Gasteiger partial charge in [-0.05, 0) is 56.9 Å². The molecule has 1 aromatic rings. The minimum absolute atomic E-state index is 0.0394. The highest BCUT2D eigenvalue weighted by atomic mass is 16.6. The second-order valence-corrected chi connectivity index (χ2v) is 5.72. The highest BCUT2D eigenvalue weighted by Crippen LogP contribution is 2.32. The van der Waals surface area contributed by atoms with E-state index in [1.54, 1.807) is 24.3 Å². The van der Waals surface area contributed by atoms with Crippen molar-refractivity contribution in [1.29, 1.82) is 0 Å². The standard InChI is InChI=1S/C17H21NO5/c1-11(13-3-4-13)18-16(20)9-23-17(21)10-22-15-7-5-14(6-8-15)12(2)19/h5-8,11,13H,3-4,9-10H2,1-2H3,(H,18,20)/t11-/m1/s1. The van der Waals surface area contributed by atoms with Crippen LogP contribution >= 0.6 is 0 Å². The van der Waals surface area contributed by atoms with Gasteiger partial charge < -0.3 is 14.8 Å². The Kier molecular flexibility index (Phi) is 5.73. The largest absolute Gasteiger partial charge is 0.482 e. The Balaban J connectivity index is 1.66.